The summed E-state index contributed by atoms with van der Waals surface area (Å²) in [5, 5.41) is 16.0. The van der Waals surface area contributed by atoms with E-state index >= 15 is 0 Å². The van der Waals surface area contributed by atoms with Gasteiger partial charge >= 0.3 is 0 Å². The molecule has 1 atom stereocenters. The number of hydrogen-bond donors (Lipinski definition) is 1. The highest BCUT2D eigenvalue weighted by molar-refractivity contribution is 5.10. The average Bonchev–Trinajstić information content (AvgIpc) is 2.57. The van der Waals surface area contributed by atoms with E-state index in [9.17, 15) is 0 Å². The van der Waals surface area contributed by atoms with E-state index in [2.05, 4.69) is 21.7 Å². The van der Waals surface area contributed by atoms with Crippen LogP contribution < -0.4 is 5.43 Å². The van der Waals surface area contributed by atoms with Gasteiger partial charge < -0.3 is 5.43 Å². The number of nitrogens with zero attached hydrogens (tertiary/aromatic N) is 4. The number of aromatic nitrogens is 3. The van der Waals surface area contributed by atoms with Gasteiger partial charge in [0.15, 0.2) is 0 Å². The molecule has 1 aromatic rings. The van der Waals surface area contributed by atoms with E-state index in [1.807, 2.05) is 13.8 Å². The lowest BCUT2D eigenvalue weighted by Gasteiger charge is -2.21. The lowest BCUT2D eigenvalue weighted by molar-refractivity contribution is 0.554. The molecule has 1 N–H and O–H groups in total. The van der Waals surface area contributed by atoms with Gasteiger partial charge in [0.25, 0.3) is 0 Å². The first-order valence-electron chi connectivity index (χ1n) is 3.74. The van der Waals surface area contributed by atoms with E-state index in [4.69, 9.17) is 5.26 Å². The molecule has 0 saturated carbocycles. The fourth-order valence-electron chi connectivity index (χ4n) is 0.726. The van der Waals surface area contributed by atoms with Crippen molar-refractivity contribution in [2.45, 2.75) is 25.8 Å². The Balaban J connectivity index is 2.68. The number of rotatable bonds is 3. The summed E-state index contributed by atoms with van der Waals surface area (Å²) in [5.41, 5.74) is 2.41. The van der Waals surface area contributed by atoms with Gasteiger partial charge in [-0.1, -0.05) is 6.92 Å². The largest absolute Gasteiger partial charge is 0.303 e. The fraction of sp³-hybridized carbons (Fsp3) is 0.571. The molecule has 1 unspecified atom stereocenters. The van der Waals surface area contributed by atoms with E-state index in [1.54, 1.807) is 4.68 Å². The van der Waals surface area contributed by atoms with Crippen molar-refractivity contribution >= 4 is 0 Å². The van der Waals surface area contributed by atoms with Crippen molar-refractivity contribution in [2.24, 2.45) is 0 Å². The molecule has 0 bridgehead atoms. The van der Waals surface area contributed by atoms with E-state index < -0.39 is 5.54 Å². The summed E-state index contributed by atoms with van der Waals surface area (Å²) in [5.74, 6) is 0. The van der Waals surface area contributed by atoms with Gasteiger partial charge in [0, 0.05) is 0 Å². The Morgan fingerprint density at radius 3 is 2.58 bits per heavy atom. The molecule has 0 spiro atoms. The van der Waals surface area contributed by atoms with Gasteiger partial charge in [0.1, 0.15) is 18.2 Å². The summed E-state index contributed by atoms with van der Waals surface area (Å²) in [6, 6.07) is 2.18. The first-order valence-corrected chi connectivity index (χ1v) is 3.74. The molecule has 0 aliphatic carbocycles. The van der Waals surface area contributed by atoms with Crippen LogP contribution in [0.4, 0.5) is 0 Å². The maximum atomic E-state index is 8.82. The second kappa shape index (κ2) is 3.22. The van der Waals surface area contributed by atoms with Crippen LogP contribution in [0.1, 0.15) is 20.3 Å². The van der Waals surface area contributed by atoms with Crippen molar-refractivity contribution in [3.05, 3.63) is 12.7 Å². The Morgan fingerprint density at radius 2 is 2.17 bits per heavy atom. The molecule has 5 nitrogen and oxygen atoms in total. The molecule has 0 aliphatic heterocycles. The zero-order valence-electron chi connectivity index (χ0n) is 7.15. The first-order chi connectivity index (χ1) is 5.70. The monoisotopic (exact) mass is 165 g/mol. The van der Waals surface area contributed by atoms with Gasteiger partial charge in [-0.15, -0.1) is 10.2 Å². The van der Waals surface area contributed by atoms with Gasteiger partial charge in [0.05, 0.1) is 6.07 Å². The lowest BCUT2D eigenvalue weighted by atomic mass is 10.0. The molecular formula is C7H11N5. The Kier molecular flexibility index (Phi) is 2.29. The maximum Gasteiger partial charge on any atom is 0.138 e. The third kappa shape index (κ3) is 1.72. The molecule has 0 fully saturated rings. The van der Waals surface area contributed by atoms with Crippen LogP contribution in [-0.2, 0) is 0 Å². The van der Waals surface area contributed by atoms with Crippen LogP contribution in [-0.4, -0.2) is 20.4 Å². The lowest BCUT2D eigenvalue weighted by Crippen LogP contribution is -2.37. The van der Waals surface area contributed by atoms with Crippen LogP contribution in [0.5, 0.6) is 0 Å². The summed E-state index contributed by atoms with van der Waals surface area (Å²) in [7, 11) is 0. The van der Waals surface area contributed by atoms with E-state index in [1.165, 1.54) is 12.7 Å². The number of nitriles is 1. The predicted molar refractivity (Wildman–Crippen MR) is 43.7 cm³/mol. The van der Waals surface area contributed by atoms with Crippen molar-refractivity contribution in [3.63, 3.8) is 0 Å². The molecule has 0 aromatic carbocycles. The van der Waals surface area contributed by atoms with Gasteiger partial charge in [-0.05, 0) is 13.3 Å². The van der Waals surface area contributed by atoms with E-state index in [0.29, 0.717) is 0 Å². The fourth-order valence-corrected chi connectivity index (χ4v) is 0.726. The van der Waals surface area contributed by atoms with Crippen LogP contribution >= 0.6 is 0 Å². The summed E-state index contributed by atoms with van der Waals surface area (Å²) in [4.78, 5) is 0. The standard InChI is InChI=1S/C7H11N5/c1-3-7(2,4-8)11-12-5-9-10-6-12/h5-6,11H,3H2,1-2H3. The first kappa shape index (κ1) is 8.53. The zero-order valence-corrected chi connectivity index (χ0v) is 7.15. The summed E-state index contributed by atoms with van der Waals surface area (Å²) in [6.45, 7) is 3.77. The molecular weight excluding hydrogens is 154 g/mol. The van der Waals surface area contributed by atoms with Crippen molar-refractivity contribution in [1.29, 1.82) is 5.26 Å². The molecule has 5 heteroatoms. The minimum atomic E-state index is -0.553. The summed E-state index contributed by atoms with van der Waals surface area (Å²) in [6.07, 6.45) is 3.76. The van der Waals surface area contributed by atoms with E-state index in [-0.39, 0.29) is 0 Å². The highest BCUT2D eigenvalue weighted by Crippen LogP contribution is 2.08. The third-order valence-corrected chi connectivity index (χ3v) is 1.75. The molecule has 0 amide bonds. The van der Waals surface area contributed by atoms with Crippen LogP contribution in [0, 0.1) is 11.3 Å². The quantitative estimate of drug-likeness (QED) is 0.708. The number of hydrogen-bond acceptors (Lipinski definition) is 4. The molecule has 12 heavy (non-hydrogen) atoms. The van der Waals surface area contributed by atoms with Gasteiger partial charge in [-0.2, -0.15) is 5.26 Å². The summed E-state index contributed by atoms with van der Waals surface area (Å²) < 4.78 is 1.58. The Labute approximate surface area is 71.0 Å². The molecule has 0 saturated heterocycles. The topological polar surface area (TPSA) is 66.5 Å². The van der Waals surface area contributed by atoms with E-state index in [0.717, 1.165) is 6.42 Å². The average molecular weight is 165 g/mol. The smallest absolute Gasteiger partial charge is 0.138 e. The molecule has 64 valence electrons. The van der Waals surface area contributed by atoms with Crippen molar-refractivity contribution in [3.8, 4) is 6.07 Å². The maximum absolute atomic E-state index is 8.82. The SMILES string of the molecule is CCC(C)(C#N)Nn1cnnc1. The molecule has 1 rings (SSSR count). The molecule has 0 aliphatic rings. The minimum absolute atomic E-state index is 0.553. The van der Waals surface area contributed by atoms with Crippen molar-refractivity contribution in [2.75, 3.05) is 5.43 Å². The summed E-state index contributed by atoms with van der Waals surface area (Å²) >= 11 is 0. The van der Waals surface area contributed by atoms with Gasteiger partial charge in [-0.25, -0.2) is 4.68 Å². The van der Waals surface area contributed by atoms with Crippen molar-refractivity contribution in [1.82, 2.24) is 14.9 Å². The highest BCUT2D eigenvalue weighted by atomic mass is 15.5. The number of nitrogens with one attached hydrogen (secondary N) is 1. The Morgan fingerprint density at radius 1 is 1.58 bits per heavy atom. The highest BCUT2D eigenvalue weighted by Gasteiger charge is 2.20. The van der Waals surface area contributed by atoms with Crippen LogP contribution in [0.2, 0.25) is 0 Å². The second-order valence-electron chi connectivity index (χ2n) is 2.78. The van der Waals surface area contributed by atoms with Crippen LogP contribution in [0.25, 0.3) is 0 Å². The third-order valence-electron chi connectivity index (χ3n) is 1.75. The Bertz CT molecular complexity index is 272. The Hall–Kier alpha value is -1.57. The zero-order chi connectivity index (χ0) is 9.03. The van der Waals surface area contributed by atoms with Crippen LogP contribution in [0.15, 0.2) is 12.7 Å². The molecule has 1 heterocycles. The van der Waals surface area contributed by atoms with Gasteiger partial charge in [-0.3, -0.25) is 0 Å². The van der Waals surface area contributed by atoms with Crippen LogP contribution in [0.3, 0.4) is 0 Å². The second-order valence-corrected chi connectivity index (χ2v) is 2.78. The van der Waals surface area contributed by atoms with Crippen molar-refractivity contribution < 1.29 is 0 Å². The predicted octanol–water partition coefficient (Wildman–Crippen LogP) is 0.514. The minimum Gasteiger partial charge on any atom is -0.303 e. The molecule has 1 aromatic heterocycles. The molecule has 0 radical (unpaired) electrons. The van der Waals surface area contributed by atoms with Gasteiger partial charge in [0.2, 0.25) is 0 Å². The normalized spacial score (nSPS) is 14.8.